The van der Waals surface area contributed by atoms with Crippen LogP contribution in [0.5, 0.6) is 0 Å². The maximum atomic E-state index is 13.0. The van der Waals surface area contributed by atoms with Crippen molar-refractivity contribution in [2.75, 3.05) is 6.54 Å². The topological polar surface area (TPSA) is 42.3 Å². The molecule has 24 heavy (non-hydrogen) atoms. The molecule has 0 saturated heterocycles. The molecular weight excluding hydrogens is 300 g/mol. The van der Waals surface area contributed by atoms with Crippen molar-refractivity contribution in [3.05, 3.63) is 69.6 Å². The molecule has 0 spiro atoms. The lowest BCUT2D eigenvalue weighted by atomic mass is 9.87. The number of carbonyl (C=O) groups excluding carboxylic acids is 1. The monoisotopic (exact) mass is 324 g/mol. The summed E-state index contributed by atoms with van der Waals surface area (Å²) in [5, 5.41) is 0. The Balaban J connectivity index is 1.86. The maximum Gasteiger partial charge on any atom is 0.254 e. The zero-order chi connectivity index (χ0) is 17.1. The SMILES string of the molecule is CCCN(C(=O)c1ccn(C)c(=O)c1)C1CCc2ccccc2C1. The predicted molar refractivity (Wildman–Crippen MR) is 95.3 cm³/mol. The number of hydrogen-bond donors (Lipinski definition) is 0. The molecule has 0 radical (unpaired) electrons. The Kier molecular flexibility index (Phi) is 4.84. The number of nitrogens with zero attached hydrogens (tertiary/aromatic N) is 2. The third-order valence-electron chi connectivity index (χ3n) is 4.84. The number of hydrogen-bond acceptors (Lipinski definition) is 2. The molecular formula is C20H24N2O2. The minimum atomic E-state index is -0.147. The minimum absolute atomic E-state index is 0.0288. The lowest BCUT2D eigenvalue weighted by Crippen LogP contribution is -2.44. The summed E-state index contributed by atoms with van der Waals surface area (Å²) < 4.78 is 1.48. The molecule has 0 aliphatic heterocycles. The van der Waals surface area contributed by atoms with Gasteiger partial charge in [0.15, 0.2) is 0 Å². The minimum Gasteiger partial charge on any atom is -0.335 e. The molecule has 0 fully saturated rings. The van der Waals surface area contributed by atoms with E-state index < -0.39 is 0 Å². The van der Waals surface area contributed by atoms with E-state index in [9.17, 15) is 9.59 Å². The molecule has 0 bridgehead atoms. The van der Waals surface area contributed by atoms with Crippen molar-refractivity contribution in [2.24, 2.45) is 7.05 Å². The summed E-state index contributed by atoms with van der Waals surface area (Å²) in [6.07, 6.45) is 5.45. The van der Waals surface area contributed by atoms with Gasteiger partial charge in [0.25, 0.3) is 11.5 Å². The van der Waals surface area contributed by atoms with Crippen LogP contribution in [0.1, 0.15) is 41.3 Å². The Labute approximate surface area is 142 Å². The van der Waals surface area contributed by atoms with E-state index >= 15 is 0 Å². The van der Waals surface area contributed by atoms with Crippen molar-refractivity contribution in [3.8, 4) is 0 Å². The third kappa shape index (κ3) is 3.28. The van der Waals surface area contributed by atoms with Crippen molar-refractivity contribution < 1.29 is 4.79 Å². The van der Waals surface area contributed by atoms with Crippen molar-refractivity contribution >= 4 is 5.91 Å². The van der Waals surface area contributed by atoms with E-state index in [0.717, 1.165) is 32.2 Å². The summed E-state index contributed by atoms with van der Waals surface area (Å²) in [6.45, 7) is 2.81. The van der Waals surface area contributed by atoms with Crippen molar-refractivity contribution in [3.63, 3.8) is 0 Å². The van der Waals surface area contributed by atoms with Crippen LogP contribution in [-0.2, 0) is 19.9 Å². The van der Waals surface area contributed by atoms with Crippen LogP contribution in [0.25, 0.3) is 0 Å². The van der Waals surface area contributed by atoms with Gasteiger partial charge in [0.05, 0.1) is 0 Å². The predicted octanol–water partition coefficient (Wildman–Crippen LogP) is 2.80. The van der Waals surface area contributed by atoms with E-state index in [1.807, 2.05) is 4.90 Å². The Morgan fingerprint density at radius 1 is 1.25 bits per heavy atom. The molecule has 0 N–H and O–H groups in total. The van der Waals surface area contributed by atoms with Gasteiger partial charge in [-0.15, -0.1) is 0 Å². The molecule has 1 aliphatic rings. The van der Waals surface area contributed by atoms with Gasteiger partial charge in [-0.05, 0) is 42.9 Å². The highest BCUT2D eigenvalue weighted by Gasteiger charge is 2.27. The molecule has 1 amide bonds. The van der Waals surface area contributed by atoms with Gasteiger partial charge in [0, 0.05) is 37.5 Å². The zero-order valence-electron chi connectivity index (χ0n) is 14.4. The number of carbonyl (C=O) groups is 1. The molecule has 1 aromatic heterocycles. The molecule has 0 saturated carbocycles. The largest absolute Gasteiger partial charge is 0.335 e. The summed E-state index contributed by atoms with van der Waals surface area (Å²) >= 11 is 0. The first-order valence-corrected chi connectivity index (χ1v) is 8.64. The molecule has 126 valence electrons. The first-order chi connectivity index (χ1) is 11.6. The second kappa shape index (κ2) is 7.04. The number of amides is 1. The lowest BCUT2D eigenvalue weighted by Gasteiger charge is -2.35. The Morgan fingerprint density at radius 3 is 2.71 bits per heavy atom. The van der Waals surface area contributed by atoms with Gasteiger partial charge in [0.2, 0.25) is 0 Å². The van der Waals surface area contributed by atoms with Gasteiger partial charge < -0.3 is 9.47 Å². The zero-order valence-corrected chi connectivity index (χ0v) is 14.4. The smallest absolute Gasteiger partial charge is 0.254 e. The van der Waals surface area contributed by atoms with E-state index in [-0.39, 0.29) is 17.5 Å². The van der Waals surface area contributed by atoms with E-state index in [0.29, 0.717) is 5.56 Å². The molecule has 4 heteroatoms. The molecule has 2 aromatic rings. The summed E-state index contributed by atoms with van der Waals surface area (Å²) in [5.74, 6) is -0.0288. The van der Waals surface area contributed by atoms with Crippen LogP contribution in [0.2, 0.25) is 0 Å². The van der Waals surface area contributed by atoms with Crippen LogP contribution in [-0.4, -0.2) is 28.0 Å². The molecule has 1 heterocycles. The van der Waals surface area contributed by atoms with Gasteiger partial charge in [-0.2, -0.15) is 0 Å². The molecule has 1 aromatic carbocycles. The Morgan fingerprint density at radius 2 is 2.00 bits per heavy atom. The Bertz CT molecular complexity index is 794. The standard InChI is InChI=1S/C20H24N2O2/c1-3-11-22(20(24)17-10-12-21(2)19(23)14-17)18-9-8-15-6-4-5-7-16(15)13-18/h4-7,10,12,14,18H,3,8-9,11,13H2,1-2H3. The van der Waals surface area contributed by atoms with Crippen LogP contribution in [0, 0.1) is 0 Å². The first kappa shape index (κ1) is 16.5. The van der Waals surface area contributed by atoms with Crippen molar-refractivity contribution in [2.45, 2.75) is 38.6 Å². The fourth-order valence-corrected chi connectivity index (χ4v) is 3.48. The van der Waals surface area contributed by atoms with Crippen LogP contribution in [0.4, 0.5) is 0 Å². The Hall–Kier alpha value is -2.36. The number of benzene rings is 1. The first-order valence-electron chi connectivity index (χ1n) is 8.64. The number of rotatable bonds is 4. The highest BCUT2D eigenvalue weighted by molar-refractivity contribution is 5.94. The van der Waals surface area contributed by atoms with E-state index in [4.69, 9.17) is 0 Å². The number of aromatic nitrogens is 1. The normalized spacial score (nSPS) is 16.5. The van der Waals surface area contributed by atoms with Crippen LogP contribution in [0.15, 0.2) is 47.4 Å². The van der Waals surface area contributed by atoms with E-state index in [1.54, 1.807) is 19.3 Å². The molecule has 1 unspecified atom stereocenters. The molecule has 1 aliphatic carbocycles. The number of fused-ring (bicyclic) bond motifs is 1. The third-order valence-corrected chi connectivity index (χ3v) is 4.84. The number of pyridine rings is 1. The van der Waals surface area contributed by atoms with Gasteiger partial charge >= 0.3 is 0 Å². The lowest BCUT2D eigenvalue weighted by molar-refractivity contribution is 0.0661. The van der Waals surface area contributed by atoms with Crippen LogP contribution >= 0.6 is 0 Å². The van der Waals surface area contributed by atoms with Crippen LogP contribution < -0.4 is 5.56 Å². The summed E-state index contributed by atoms with van der Waals surface area (Å²) in [6, 6.07) is 11.9. The van der Waals surface area contributed by atoms with Crippen LogP contribution in [0.3, 0.4) is 0 Å². The summed E-state index contributed by atoms with van der Waals surface area (Å²) in [4.78, 5) is 26.8. The second-order valence-electron chi connectivity index (χ2n) is 6.53. The molecule has 3 rings (SSSR count). The summed E-state index contributed by atoms with van der Waals surface area (Å²) in [7, 11) is 1.69. The highest BCUT2D eigenvalue weighted by Crippen LogP contribution is 2.25. The quantitative estimate of drug-likeness (QED) is 0.868. The highest BCUT2D eigenvalue weighted by atomic mass is 16.2. The average molecular weight is 324 g/mol. The maximum absolute atomic E-state index is 13.0. The summed E-state index contributed by atoms with van der Waals surface area (Å²) in [5.41, 5.74) is 3.08. The van der Waals surface area contributed by atoms with E-state index in [2.05, 4.69) is 31.2 Å². The van der Waals surface area contributed by atoms with Gasteiger partial charge in [-0.1, -0.05) is 31.2 Å². The fraction of sp³-hybridized carbons (Fsp3) is 0.400. The van der Waals surface area contributed by atoms with Gasteiger partial charge in [-0.25, -0.2) is 0 Å². The average Bonchev–Trinajstić information content (AvgIpc) is 2.61. The van der Waals surface area contributed by atoms with Crippen molar-refractivity contribution in [1.29, 1.82) is 0 Å². The molecule has 4 nitrogen and oxygen atoms in total. The van der Waals surface area contributed by atoms with Gasteiger partial charge in [0.1, 0.15) is 0 Å². The van der Waals surface area contributed by atoms with Crippen molar-refractivity contribution in [1.82, 2.24) is 9.47 Å². The number of aryl methyl sites for hydroxylation is 2. The van der Waals surface area contributed by atoms with E-state index in [1.165, 1.54) is 21.8 Å². The molecule has 1 atom stereocenters. The van der Waals surface area contributed by atoms with Gasteiger partial charge in [-0.3, -0.25) is 9.59 Å². The second-order valence-corrected chi connectivity index (χ2v) is 6.53. The fourth-order valence-electron chi connectivity index (χ4n) is 3.48.